The molecule has 2 aliphatic heterocycles. The van der Waals surface area contributed by atoms with Crippen molar-refractivity contribution in [3.8, 4) is 0 Å². The van der Waals surface area contributed by atoms with Crippen molar-refractivity contribution in [1.82, 2.24) is 14.4 Å². The van der Waals surface area contributed by atoms with Crippen molar-refractivity contribution in [2.45, 2.75) is 72.1 Å². The maximum atomic E-state index is 13.2. The minimum atomic E-state index is 0.0334. The number of amides is 2. The summed E-state index contributed by atoms with van der Waals surface area (Å²) in [5.74, 6) is 1.05. The number of carbonyl (C=O) groups is 2. The van der Waals surface area contributed by atoms with Gasteiger partial charge in [-0.05, 0) is 39.8 Å². The van der Waals surface area contributed by atoms with Crippen molar-refractivity contribution in [2.24, 2.45) is 0 Å². The molecule has 1 aromatic carbocycles. The molecule has 2 aromatic rings. The average Bonchev–Trinajstić information content (AvgIpc) is 2.98. The molecule has 0 N–H and O–H groups in total. The summed E-state index contributed by atoms with van der Waals surface area (Å²) in [6, 6.07) is 7.97. The van der Waals surface area contributed by atoms with Crippen molar-refractivity contribution < 1.29 is 23.6 Å². The van der Waals surface area contributed by atoms with Gasteiger partial charge < -0.3 is 19.3 Å². The van der Waals surface area contributed by atoms with Gasteiger partial charge in [-0.3, -0.25) is 9.59 Å². The monoisotopic (exact) mass is 443 g/mol. The fraction of sp³-hybridized carbons (Fsp3) is 0.625. The SMILES string of the molecule is Cc1n(CC(=O)N2CC(C)OC(C)C2)c2ccccc2[n+]1CC(=O)N1CC(C)OC(C)C1. The highest BCUT2D eigenvalue weighted by Gasteiger charge is 2.32. The number of ether oxygens (including phenoxy) is 2. The predicted octanol–water partition coefficient (Wildman–Crippen LogP) is 1.51. The first-order valence-electron chi connectivity index (χ1n) is 11.6. The van der Waals surface area contributed by atoms with Crippen LogP contribution in [-0.4, -0.2) is 76.8 Å². The summed E-state index contributed by atoms with van der Waals surface area (Å²) < 4.78 is 15.6. The second-order valence-corrected chi connectivity index (χ2v) is 9.32. The van der Waals surface area contributed by atoms with Gasteiger partial charge in [0.25, 0.3) is 17.6 Å². The minimum absolute atomic E-state index is 0.0334. The number of aromatic nitrogens is 2. The molecule has 4 rings (SSSR count). The fourth-order valence-corrected chi connectivity index (χ4v) is 5.05. The van der Waals surface area contributed by atoms with Crippen LogP contribution in [0.15, 0.2) is 24.3 Å². The van der Waals surface area contributed by atoms with E-state index >= 15 is 0 Å². The molecule has 1 aromatic heterocycles. The zero-order valence-corrected chi connectivity index (χ0v) is 19.8. The van der Waals surface area contributed by atoms with Gasteiger partial charge in [-0.25, -0.2) is 9.13 Å². The van der Waals surface area contributed by atoms with Crippen LogP contribution in [-0.2, 0) is 32.2 Å². The summed E-state index contributed by atoms with van der Waals surface area (Å²) in [6.45, 7) is 12.9. The number of imidazole rings is 1. The largest absolute Gasteiger partial charge is 0.372 e. The lowest BCUT2D eigenvalue weighted by Crippen LogP contribution is -2.53. The normalized spacial score (nSPS) is 26.5. The third-order valence-corrected chi connectivity index (χ3v) is 6.38. The molecule has 0 spiro atoms. The van der Waals surface area contributed by atoms with Crippen LogP contribution in [0.2, 0.25) is 0 Å². The molecular formula is C24H35N4O4+. The number of benzene rings is 1. The Morgan fingerprint density at radius 3 is 1.94 bits per heavy atom. The second-order valence-electron chi connectivity index (χ2n) is 9.32. The maximum Gasteiger partial charge on any atom is 0.265 e. The van der Waals surface area contributed by atoms with E-state index in [4.69, 9.17) is 9.47 Å². The third-order valence-electron chi connectivity index (χ3n) is 6.38. The van der Waals surface area contributed by atoms with Gasteiger partial charge in [-0.1, -0.05) is 12.1 Å². The van der Waals surface area contributed by atoms with Crippen LogP contribution >= 0.6 is 0 Å². The van der Waals surface area contributed by atoms with Crippen LogP contribution in [0.1, 0.15) is 33.5 Å². The van der Waals surface area contributed by atoms with Gasteiger partial charge in [0.05, 0.1) is 24.4 Å². The Kier molecular flexibility index (Phi) is 6.53. The molecule has 2 fully saturated rings. The Morgan fingerprint density at radius 1 is 0.875 bits per heavy atom. The number of carbonyl (C=O) groups excluding carboxylic acids is 2. The molecule has 4 unspecified atom stereocenters. The smallest absolute Gasteiger partial charge is 0.265 e. The standard InChI is InChI=1S/C24H35N4O4/c1-16-10-25(11-17(2)31-16)23(29)14-27-20(5)28(22-9-7-6-8-21(22)27)15-24(30)26-12-18(3)32-19(4)13-26/h6-9,16-19H,10-15H2,1-5H3/q+1. The molecule has 4 atom stereocenters. The van der Waals surface area contributed by atoms with Crippen molar-refractivity contribution in [1.29, 1.82) is 0 Å². The number of nitrogens with zero attached hydrogens (tertiary/aromatic N) is 4. The number of fused-ring (bicyclic) bond motifs is 1. The predicted molar refractivity (Wildman–Crippen MR) is 120 cm³/mol. The number of rotatable bonds is 4. The first-order valence-corrected chi connectivity index (χ1v) is 11.6. The number of hydrogen-bond acceptors (Lipinski definition) is 4. The lowest BCUT2D eigenvalue weighted by Gasteiger charge is -2.35. The Bertz CT molecular complexity index is 906. The van der Waals surface area contributed by atoms with Crippen molar-refractivity contribution in [3.05, 3.63) is 30.1 Å². The zero-order chi connectivity index (χ0) is 23.0. The van der Waals surface area contributed by atoms with Crippen molar-refractivity contribution in [2.75, 3.05) is 26.2 Å². The molecule has 32 heavy (non-hydrogen) atoms. The highest BCUT2D eigenvalue weighted by Crippen LogP contribution is 2.17. The van der Waals surface area contributed by atoms with Crippen LogP contribution < -0.4 is 4.57 Å². The van der Waals surface area contributed by atoms with E-state index in [-0.39, 0.29) is 49.3 Å². The molecule has 174 valence electrons. The summed E-state index contributed by atoms with van der Waals surface area (Å²) in [5, 5.41) is 0. The zero-order valence-electron chi connectivity index (χ0n) is 19.8. The van der Waals surface area contributed by atoms with E-state index in [0.29, 0.717) is 26.2 Å². The summed E-state index contributed by atoms with van der Waals surface area (Å²) in [6.07, 6.45) is 0.134. The van der Waals surface area contributed by atoms with Gasteiger partial charge in [0.1, 0.15) is 0 Å². The molecular weight excluding hydrogens is 408 g/mol. The lowest BCUT2D eigenvalue weighted by atomic mass is 10.2. The van der Waals surface area contributed by atoms with Crippen LogP contribution in [0, 0.1) is 6.92 Å². The van der Waals surface area contributed by atoms with Gasteiger partial charge in [0.15, 0.2) is 24.1 Å². The molecule has 8 heteroatoms. The first kappa shape index (κ1) is 22.7. The Labute approximate surface area is 189 Å². The fourth-order valence-electron chi connectivity index (χ4n) is 5.05. The van der Waals surface area contributed by atoms with Crippen LogP contribution in [0.5, 0.6) is 0 Å². The Hall–Kier alpha value is -2.45. The molecule has 0 radical (unpaired) electrons. The molecule has 8 nitrogen and oxygen atoms in total. The van der Waals surface area contributed by atoms with Crippen LogP contribution in [0.4, 0.5) is 0 Å². The molecule has 0 saturated carbocycles. The number of hydrogen-bond donors (Lipinski definition) is 0. The Balaban J connectivity index is 1.58. The molecule has 2 saturated heterocycles. The average molecular weight is 444 g/mol. The van der Waals surface area contributed by atoms with E-state index in [0.717, 1.165) is 16.9 Å². The summed E-state index contributed by atoms with van der Waals surface area (Å²) in [7, 11) is 0. The first-order chi connectivity index (χ1) is 15.2. The molecule has 0 aliphatic carbocycles. The molecule has 2 aliphatic rings. The number of morpholine rings is 2. The van der Waals surface area contributed by atoms with Gasteiger partial charge >= 0.3 is 0 Å². The summed E-state index contributed by atoms with van der Waals surface area (Å²) in [4.78, 5) is 30.1. The second kappa shape index (κ2) is 9.19. The number of para-hydroxylation sites is 2. The van der Waals surface area contributed by atoms with E-state index in [1.165, 1.54) is 0 Å². The Morgan fingerprint density at radius 2 is 1.38 bits per heavy atom. The van der Waals surface area contributed by atoms with Crippen LogP contribution in [0.25, 0.3) is 11.0 Å². The summed E-state index contributed by atoms with van der Waals surface area (Å²) in [5.41, 5.74) is 1.92. The highest BCUT2D eigenvalue weighted by atomic mass is 16.5. The van der Waals surface area contributed by atoms with E-state index < -0.39 is 0 Å². The summed E-state index contributed by atoms with van der Waals surface area (Å²) >= 11 is 0. The van der Waals surface area contributed by atoms with E-state index in [2.05, 4.69) is 0 Å². The van der Waals surface area contributed by atoms with Crippen LogP contribution in [0.3, 0.4) is 0 Å². The third kappa shape index (κ3) is 4.66. The molecule has 2 amide bonds. The van der Waals surface area contributed by atoms with Crippen molar-refractivity contribution in [3.63, 3.8) is 0 Å². The van der Waals surface area contributed by atoms with Gasteiger partial charge in [-0.15, -0.1) is 0 Å². The van der Waals surface area contributed by atoms with E-state index in [1.807, 2.05) is 77.8 Å². The maximum absolute atomic E-state index is 13.2. The lowest BCUT2D eigenvalue weighted by molar-refractivity contribution is -0.666. The quantitative estimate of drug-likeness (QED) is 0.672. The van der Waals surface area contributed by atoms with E-state index in [1.54, 1.807) is 0 Å². The highest BCUT2D eigenvalue weighted by molar-refractivity contribution is 5.80. The van der Waals surface area contributed by atoms with Crippen molar-refractivity contribution >= 4 is 22.8 Å². The van der Waals surface area contributed by atoms with Gasteiger partial charge in [-0.2, -0.15) is 0 Å². The molecule has 0 bridgehead atoms. The topological polar surface area (TPSA) is 67.9 Å². The minimum Gasteiger partial charge on any atom is -0.372 e. The van der Waals surface area contributed by atoms with E-state index in [9.17, 15) is 9.59 Å². The van der Waals surface area contributed by atoms with Gasteiger partial charge in [0.2, 0.25) is 0 Å². The molecule has 3 heterocycles. The van der Waals surface area contributed by atoms with Gasteiger partial charge in [0, 0.05) is 33.1 Å².